The first kappa shape index (κ1) is 14.6. The van der Waals surface area contributed by atoms with Crippen molar-refractivity contribution in [1.82, 2.24) is 19.7 Å². The summed E-state index contributed by atoms with van der Waals surface area (Å²) < 4.78 is 7.55. The largest absolute Gasteiger partial charge is 0.377 e. The van der Waals surface area contributed by atoms with Gasteiger partial charge >= 0.3 is 0 Å². The van der Waals surface area contributed by atoms with Crippen LogP contribution in [0.15, 0.2) is 43.2 Å². The van der Waals surface area contributed by atoms with Gasteiger partial charge in [-0.25, -0.2) is 0 Å². The fraction of sp³-hybridized carbons (Fsp3) is 0.375. The maximum absolute atomic E-state index is 12.6. The number of nitrogens with zero attached hydrogens (tertiary/aromatic N) is 3. The van der Waals surface area contributed by atoms with Crippen LogP contribution < -0.4 is 0 Å². The summed E-state index contributed by atoms with van der Waals surface area (Å²) in [6.45, 7) is 6.73. The number of carbonyl (C=O) groups excluding carboxylic acids is 1. The highest BCUT2D eigenvalue weighted by Crippen LogP contribution is 2.18. The summed E-state index contributed by atoms with van der Waals surface area (Å²) in [5, 5.41) is 4.35. The molecule has 2 aromatic rings. The maximum Gasteiger partial charge on any atom is 0.270 e. The zero-order chi connectivity index (χ0) is 15.4. The van der Waals surface area contributed by atoms with Crippen LogP contribution in [0, 0.1) is 5.92 Å². The van der Waals surface area contributed by atoms with E-state index in [9.17, 15) is 4.79 Å². The summed E-state index contributed by atoms with van der Waals surface area (Å²) in [4.78, 5) is 17.5. The van der Waals surface area contributed by atoms with Gasteiger partial charge in [0.15, 0.2) is 0 Å². The van der Waals surface area contributed by atoms with Gasteiger partial charge in [-0.05, 0) is 18.2 Å². The van der Waals surface area contributed by atoms with Gasteiger partial charge in [-0.1, -0.05) is 6.08 Å². The molecule has 0 radical (unpaired) electrons. The number of rotatable bonds is 5. The van der Waals surface area contributed by atoms with Gasteiger partial charge in [0.2, 0.25) is 0 Å². The third kappa shape index (κ3) is 3.12. The van der Waals surface area contributed by atoms with Crippen molar-refractivity contribution in [2.45, 2.75) is 13.1 Å². The third-order valence-corrected chi connectivity index (χ3v) is 3.77. The predicted octanol–water partition coefficient (Wildman–Crippen LogP) is 1.69. The first-order chi connectivity index (χ1) is 10.8. The number of aromatic amines is 1. The molecule has 3 rings (SSSR count). The molecule has 1 aliphatic rings. The molecule has 1 atom stereocenters. The summed E-state index contributed by atoms with van der Waals surface area (Å²) in [7, 11) is 0. The van der Waals surface area contributed by atoms with Crippen LogP contribution in [0.2, 0.25) is 0 Å². The molecule has 0 saturated carbocycles. The van der Waals surface area contributed by atoms with Gasteiger partial charge in [-0.3, -0.25) is 9.48 Å². The fourth-order valence-corrected chi connectivity index (χ4v) is 2.74. The number of amides is 1. The molecule has 22 heavy (non-hydrogen) atoms. The first-order valence-electron chi connectivity index (χ1n) is 7.40. The number of aromatic nitrogens is 3. The van der Waals surface area contributed by atoms with E-state index in [2.05, 4.69) is 16.7 Å². The second kappa shape index (κ2) is 6.62. The van der Waals surface area contributed by atoms with Crippen molar-refractivity contribution in [3.8, 4) is 0 Å². The number of nitrogens with one attached hydrogen (secondary N) is 1. The van der Waals surface area contributed by atoms with Gasteiger partial charge in [0.1, 0.15) is 5.69 Å². The highest BCUT2D eigenvalue weighted by atomic mass is 16.5. The zero-order valence-corrected chi connectivity index (χ0v) is 12.4. The highest BCUT2D eigenvalue weighted by molar-refractivity contribution is 5.92. The Morgan fingerprint density at radius 1 is 1.50 bits per heavy atom. The number of fused-ring (bicyclic) bond motifs is 1. The van der Waals surface area contributed by atoms with Crippen LogP contribution in [0.5, 0.6) is 0 Å². The van der Waals surface area contributed by atoms with Crippen LogP contribution >= 0.6 is 0 Å². The molecule has 116 valence electrons. The van der Waals surface area contributed by atoms with Crippen LogP contribution in [-0.4, -0.2) is 45.3 Å². The van der Waals surface area contributed by atoms with Gasteiger partial charge in [0, 0.05) is 31.4 Å². The minimum atomic E-state index is 0.00775. The molecular weight excluding hydrogens is 280 g/mol. The number of hydrogen-bond acceptors (Lipinski definition) is 3. The lowest BCUT2D eigenvalue weighted by molar-refractivity contribution is 0.0632. The van der Waals surface area contributed by atoms with Crippen LogP contribution in [0.1, 0.15) is 16.2 Å². The van der Waals surface area contributed by atoms with Gasteiger partial charge in [-0.15, -0.1) is 6.58 Å². The number of H-pyrrole nitrogens is 1. The SMILES string of the molecule is C=CCOCC1CN(C(=O)c2ccc[nH]2)Cc2ccnn2C1. The molecule has 1 aliphatic heterocycles. The summed E-state index contributed by atoms with van der Waals surface area (Å²) in [5.74, 6) is 0.216. The standard InChI is InChI=1S/C16H20N4O2/c1-2-8-22-12-13-9-19(16(21)15-4-3-6-17-15)11-14-5-7-18-20(14)10-13/h2-7,13,17H,1,8-12H2. The van der Waals surface area contributed by atoms with E-state index in [1.165, 1.54) is 0 Å². The quantitative estimate of drug-likeness (QED) is 0.675. The molecule has 0 aliphatic carbocycles. The summed E-state index contributed by atoms with van der Waals surface area (Å²) in [6, 6.07) is 5.59. The van der Waals surface area contributed by atoms with Crippen LogP contribution in [-0.2, 0) is 17.8 Å². The van der Waals surface area contributed by atoms with Gasteiger partial charge in [-0.2, -0.15) is 5.10 Å². The van der Waals surface area contributed by atoms with Gasteiger partial charge in [0.25, 0.3) is 5.91 Å². The van der Waals surface area contributed by atoms with Crippen molar-refractivity contribution in [3.05, 3.63) is 54.6 Å². The number of hydrogen-bond donors (Lipinski definition) is 1. The van der Waals surface area contributed by atoms with Crippen molar-refractivity contribution < 1.29 is 9.53 Å². The minimum Gasteiger partial charge on any atom is -0.377 e. The second-order valence-corrected chi connectivity index (χ2v) is 5.47. The predicted molar refractivity (Wildman–Crippen MR) is 82.3 cm³/mol. The minimum absolute atomic E-state index is 0.00775. The Labute approximate surface area is 129 Å². The Morgan fingerprint density at radius 3 is 3.18 bits per heavy atom. The van der Waals surface area contributed by atoms with E-state index in [1.54, 1.807) is 24.5 Å². The molecule has 1 amide bonds. The summed E-state index contributed by atoms with van der Waals surface area (Å²) in [5.41, 5.74) is 1.66. The summed E-state index contributed by atoms with van der Waals surface area (Å²) >= 11 is 0. The summed E-state index contributed by atoms with van der Waals surface area (Å²) in [6.07, 6.45) is 5.28. The van der Waals surface area contributed by atoms with Crippen molar-refractivity contribution in [1.29, 1.82) is 0 Å². The fourth-order valence-electron chi connectivity index (χ4n) is 2.74. The molecule has 0 aromatic carbocycles. The Kier molecular flexibility index (Phi) is 4.39. The molecule has 1 unspecified atom stereocenters. The van der Waals surface area contributed by atoms with E-state index in [4.69, 9.17) is 4.74 Å². The van der Waals surface area contributed by atoms with E-state index in [0.717, 1.165) is 12.2 Å². The Balaban J connectivity index is 1.77. The van der Waals surface area contributed by atoms with Gasteiger partial charge < -0.3 is 14.6 Å². The molecule has 0 saturated heterocycles. The lowest BCUT2D eigenvalue weighted by atomic mass is 10.1. The van der Waals surface area contributed by atoms with Gasteiger partial charge in [0.05, 0.1) is 25.5 Å². The topological polar surface area (TPSA) is 63.1 Å². The Bertz CT molecular complexity index is 632. The second-order valence-electron chi connectivity index (χ2n) is 5.47. The van der Waals surface area contributed by atoms with E-state index < -0.39 is 0 Å². The van der Waals surface area contributed by atoms with Crippen molar-refractivity contribution >= 4 is 5.91 Å². The van der Waals surface area contributed by atoms with E-state index in [-0.39, 0.29) is 11.8 Å². The molecule has 1 N–H and O–H groups in total. The Hall–Kier alpha value is -2.34. The molecule has 2 aromatic heterocycles. The molecule has 0 spiro atoms. The Morgan fingerprint density at radius 2 is 2.41 bits per heavy atom. The normalized spacial score (nSPS) is 17.8. The molecule has 6 nitrogen and oxygen atoms in total. The zero-order valence-electron chi connectivity index (χ0n) is 12.4. The van der Waals surface area contributed by atoms with E-state index >= 15 is 0 Å². The van der Waals surface area contributed by atoms with Crippen LogP contribution in [0.25, 0.3) is 0 Å². The molecule has 6 heteroatoms. The monoisotopic (exact) mass is 300 g/mol. The lowest BCUT2D eigenvalue weighted by Crippen LogP contribution is -2.35. The lowest BCUT2D eigenvalue weighted by Gasteiger charge is -2.23. The molecule has 3 heterocycles. The van der Waals surface area contributed by atoms with Crippen molar-refractivity contribution in [2.24, 2.45) is 5.92 Å². The van der Waals surface area contributed by atoms with Crippen molar-refractivity contribution in [3.63, 3.8) is 0 Å². The van der Waals surface area contributed by atoms with Crippen LogP contribution in [0.4, 0.5) is 0 Å². The number of carbonyl (C=O) groups is 1. The third-order valence-electron chi connectivity index (χ3n) is 3.77. The average Bonchev–Trinajstić information content (AvgIpc) is 3.16. The highest BCUT2D eigenvalue weighted by Gasteiger charge is 2.26. The molecule has 0 fully saturated rings. The molecule has 0 bridgehead atoms. The molecular formula is C16H20N4O2. The average molecular weight is 300 g/mol. The maximum atomic E-state index is 12.6. The van der Waals surface area contributed by atoms with E-state index in [1.807, 2.05) is 21.7 Å². The van der Waals surface area contributed by atoms with Crippen molar-refractivity contribution in [2.75, 3.05) is 19.8 Å². The van der Waals surface area contributed by atoms with Crippen LogP contribution in [0.3, 0.4) is 0 Å². The smallest absolute Gasteiger partial charge is 0.270 e. The first-order valence-corrected chi connectivity index (χ1v) is 7.40. The number of ether oxygens (including phenoxy) is 1. The van der Waals surface area contributed by atoms with E-state index in [0.29, 0.717) is 32.0 Å².